The lowest BCUT2D eigenvalue weighted by Crippen LogP contribution is -2.40. The minimum Gasteiger partial charge on any atom is -0.350 e. The first-order chi connectivity index (χ1) is 12.1. The molecule has 1 aromatic carbocycles. The van der Waals surface area contributed by atoms with Crippen LogP contribution in [0.5, 0.6) is 0 Å². The molecular weight excluding hydrogens is 314 g/mol. The summed E-state index contributed by atoms with van der Waals surface area (Å²) >= 11 is 0. The van der Waals surface area contributed by atoms with Gasteiger partial charge in [-0.15, -0.1) is 0 Å². The number of benzene rings is 1. The summed E-state index contributed by atoms with van der Waals surface area (Å²) in [6.07, 6.45) is 3.46. The molecule has 0 aliphatic heterocycles. The first-order valence-corrected chi connectivity index (χ1v) is 8.38. The number of carbonyl (C=O) groups is 1. The number of nitrogens with one attached hydrogen (secondary N) is 1. The van der Waals surface area contributed by atoms with Crippen molar-refractivity contribution in [3.05, 3.63) is 65.6 Å². The Morgan fingerprint density at radius 3 is 2.80 bits per heavy atom. The summed E-state index contributed by atoms with van der Waals surface area (Å²) in [6, 6.07) is 12.3. The van der Waals surface area contributed by atoms with Crippen LogP contribution < -0.4 is 5.32 Å². The molecule has 0 spiro atoms. The Bertz CT molecular complexity index is 859. The third-order valence-electron chi connectivity index (χ3n) is 4.38. The van der Waals surface area contributed by atoms with Gasteiger partial charge in [-0.25, -0.2) is 9.50 Å². The lowest BCUT2D eigenvalue weighted by Gasteiger charge is -2.25. The zero-order valence-electron chi connectivity index (χ0n) is 14.8. The Hall–Kier alpha value is -2.73. The van der Waals surface area contributed by atoms with Crippen molar-refractivity contribution in [2.75, 3.05) is 13.6 Å². The number of aryl methyl sites for hydroxylation is 1. The van der Waals surface area contributed by atoms with Crippen molar-refractivity contribution < 1.29 is 4.79 Å². The van der Waals surface area contributed by atoms with E-state index in [9.17, 15) is 4.79 Å². The van der Waals surface area contributed by atoms with Crippen molar-refractivity contribution in [2.45, 2.75) is 26.4 Å². The standard InChI is InChI=1S/C19H23N5O/c1-14(23(3)13-16-8-5-4-6-9-16)12-21-19(25)17-15(2)22-24-11-7-10-20-18(17)24/h4-11,14H,12-13H2,1-3H3,(H,21,25)/t14-/m0/s1. The van der Waals surface area contributed by atoms with Gasteiger partial charge in [-0.05, 0) is 32.5 Å². The summed E-state index contributed by atoms with van der Waals surface area (Å²) < 4.78 is 1.63. The van der Waals surface area contributed by atoms with Gasteiger partial charge in [0, 0.05) is 31.5 Å². The van der Waals surface area contributed by atoms with Gasteiger partial charge in [-0.1, -0.05) is 30.3 Å². The molecule has 0 radical (unpaired) electrons. The first-order valence-electron chi connectivity index (χ1n) is 8.38. The fourth-order valence-corrected chi connectivity index (χ4v) is 2.77. The van der Waals surface area contributed by atoms with Crippen LogP contribution in [0.4, 0.5) is 0 Å². The van der Waals surface area contributed by atoms with E-state index in [1.807, 2.05) is 25.1 Å². The number of hydrogen-bond acceptors (Lipinski definition) is 4. The number of aromatic nitrogens is 3. The molecule has 1 amide bonds. The van der Waals surface area contributed by atoms with E-state index in [4.69, 9.17) is 0 Å². The maximum Gasteiger partial charge on any atom is 0.257 e. The van der Waals surface area contributed by atoms with Crippen LogP contribution in [0, 0.1) is 6.92 Å². The normalized spacial score (nSPS) is 12.5. The lowest BCUT2D eigenvalue weighted by molar-refractivity contribution is 0.0940. The molecular formula is C19H23N5O. The average Bonchev–Trinajstić information content (AvgIpc) is 2.96. The predicted octanol–water partition coefficient (Wildman–Crippen LogP) is 2.29. The van der Waals surface area contributed by atoms with Crippen LogP contribution in [-0.2, 0) is 6.54 Å². The Morgan fingerprint density at radius 2 is 2.04 bits per heavy atom. The summed E-state index contributed by atoms with van der Waals surface area (Å²) in [7, 11) is 2.06. The molecule has 6 heteroatoms. The van der Waals surface area contributed by atoms with Crippen molar-refractivity contribution in [1.29, 1.82) is 0 Å². The van der Waals surface area contributed by atoms with Crippen molar-refractivity contribution in [3.63, 3.8) is 0 Å². The molecule has 1 atom stereocenters. The molecule has 0 unspecified atom stereocenters. The van der Waals surface area contributed by atoms with Crippen molar-refractivity contribution in [3.8, 4) is 0 Å². The molecule has 130 valence electrons. The second-order valence-corrected chi connectivity index (χ2v) is 6.31. The molecule has 0 aliphatic rings. The fourth-order valence-electron chi connectivity index (χ4n) is 2.77. The fraction of sp³-hybridized carbons (Fsp3) is 0.316. The highest BCUT2D eigenvalue weighted by Gasteiger charge is 2.19. The largest absolute Gasteiger partial charge is 0.350 e. The van der Waals surface area contributed by atoms with Gasteiger partial charge in [0.05, 0.1) is 5.69 Å². The van der Waals surface area contributed by atoms with Crippen LogP contribution in [0.15, 0.2) is 48.8 Å². The van der Waals surface area contributed by atoms with Crippen LogP contribution >= 0.6 is 0 Å². The minimum atomic E-state index is -0.133. The number of amides is 1. The van der Waals surface area contributed by atoms with Crippen molar-refractivity contribution >= 4 is 11.6 Å². The van der Waals surface area contributed by atoms with E-state index < -0.39 is 0 Å². The van der Waals surface area contributed by atoms with Crippen LogP contribution in [0.1, 0.15) is 28.5 Å². The molecule has 0 saturated heterocycles. The number of carbonyl (C=O) groups excluding carboxylic acids is 1. The van der Waals surface area contributed by atoms with Gasteiger partial charge in [0.15, 0.2) is 5.65 Å². The molecule has 0 bridgehead atoms. The smallest absolute Gasteiger partial charge is 0.257 e. The SMILES string of the molecule is Cc1nn2cccnc2c1C(=O)NC[C@H](C)N(C)Cc1ccccc1. The van der Waals surface area contributed by atoms with E-state index in [0.29, 0.717) is 23.4 Å². The zero-order valence-corrected chi connectivity index (χ0v) is 14.8. The van der Waals surface area contributed by atoms with E-state index in [1.165, 1.54) is 5.56 Å². The molecule has 2 aromatic heterocycles. The number of nitrogens with zero attached hydrogens (tertiary/aromatic N) is 4. The second kappa shape index (κ2) is 7.44. The quantitative estimate of drug-likeness (QED) is 0.750. The maximum absolute atomic E-state index is 12.6. The van der Waals surface area contributed by atoms with Gasteiger partial charge in [0.2, 0.25) is 0 Å². The third kappa shape index (κ3) is 3.85. The molecule has 0 aliphatic carbocycles. The molecule has 1 N–H and O–H groups in total. The minimum absolute atomic E-state index is 0.133. The second-order valence-electron chi connectivity index (χ2n) is 6.31. The number of rotatable bonds is 6. The van der Waals surface area contributed by atoms with Gasteiger partial charge < -0.3 is 5.32 Å². The molecule has 0 fully saturated rings. The highest BCUT2D eigenvalue weighted by Crippen LogP contribution is 2.12. The van der Waals surface area contributed by atoms with Gasteiger partial charge in [0.1, 0.15) is 5.56 Å². The van der Waals surface area contributed by atoms with E-state index >= 15 is 0 Å². The molecule has 3 aromatic rings. The summed E-state index contributed by atoms with van der Waals surface area (Å²) in [5.41, 5.74) is 3.06. The molecule has 0 saturated carbocycles. The van der Waals surface area contributed by atoms with E-state index in [0.717, 1.165) is 6.54 Å². The Morgan fingerprint density at radius 1 is 1.28 bits per heavy atom. The van der Waals surface area contributed by atoms with E-state index in [2.05, 4.69) is 46.4 Å². The van der Waals surface area contributed by atoms with Gasteiger partial charge in [-0.3, -0.25) is 9.69 Å². The molecule has 25 heavy (non-hydrogen) atoms. The van der Waals surface area contributed by atoms with Gasteiger partial charge >= 0.3 is 0 Å². The predicted molar refractivity (Wildman–Crippen MR) is 97.4 cm³/mol. The highest BCUT2D eigenvalue weighted by atomic mass is 16.1. The van der Waals surface area contributed by atoms with E-state index in [-0.39, 0.29) is 11.9 Å². The lowest BCUT2D eigenvalue weighted by atomic mass is 10.2. The number of hydrogen-bond donors (Lipinski definition) is 1. The summed E-state index contributed by atoms with van der Waals surface area (Å²) in [6.45, 7) is 5.33. The first kappa shape index (κ1) is 17.1. The molecule has 2 heterocycles. The number of likely N-dealkylation sites (N-methyl/N-ethyl adjacent to an activating group) is 1. The Kier molecular flexibility index (Phi) is 5.09. The zero-order chi connectivity index (χ0) is 17.8. The third-order valence-corrected chi connectivity index (χ3v) is 4.38. The van der Waals surface area contributed by atoms with Crippen LogP contribution in [0.25, 0.3) is 5.65 Å². The summed E-state index contributed by atoms with van der Waals surface area (Å²) in [5.74, 6) is -0.133. The van der Waals surface area contributed by atoms with E-state index in [1.54, 1.807) is 23.0 Å². The summed E-state index contributed by atoms with van der Waals surface area (Å²) in [5, 5.41) is 7.35. The van der Waals surface area contributed by atoms with Crippen LogP contribution in [0.3, 0.4) is 0 Å². The topological polar surface area (TPSA) is 62.5 Å². The maximum atomic E-state index is 12.6. The Balaban J connectivity index is 1.62. The van der Waals surface area contributed by atoms with Gasteiger partial charge in [-0.2, -0.15) is 5.10 Å². The summed E-state index contributed by atoms with van der Waals surface area (Å²) in [4.78, 5) is 19.1. The average molecular weight is 337 g/mol. The van der Waals surface area contributed by atoms with Crippen LogP contribution in [-0.4, -0.2) is 45.0 Å². The molecule has 3 rings (SSSR count). The van der Waals surface area contributed by atoms with Gasteiger partial charge in [0.25, 0.3) is 5.91 Å². The Labute approximate surface area is 147 Å². The molecule has 6 nitrogen and oxygen atoms in total. The highest BCUT2D eigenvalue weighted by molar-refractivity contribution is 6.00. The van der Waals surface area contributed by atoms with Crippen molar-refractivity contribution in [2.24, 2.45) is 0 Å². The van der Waals surface area contributed by atoms with Crippen molar-refractivity contribution in [1.82, 2.24) is 24.8 Å². The van der Waals surface area contributed by atoms with Crippen LogP contribution in [0.2, 0.25) is 0 Å². The number of fused-ring (bicyclic) bond motifs is 1. The monoisotopic (exact) mass is 337 g/mol.